The van der Waals surface area contributed by atoms with Gasteiger partial charge < -0.3 is 15.4 Å². The molecule has 1 aliphatic rings. The normalized spacial score (nSPS) is 16.1. The van der Waals surface area contributed by atoms with Crippen LogP contribution in [0.15, 0.2) is 23.2 Å². The lowest BCUT2D eigenvalue weighted by Gasteiger charge is -2.41. The summed E-state index contributed by atoms with van der Waals surface area (Å²) in [5, 5.41) is 6.71. The zero-order valence-corrected chi connectivity index (χ0v) is 18.6. The highest BCUT2D eigenvalue weighted by Gasteiger charge is 2.28. The van der Waals surface area contributed by atoms with Gasteiger partial charge in [0.05, 0.1) is 19.8 Å². The molecule has 2 rings (SSSR count). The average molecular weight is 478 g/mol. The molecule has 1 aromatic rings. The summed E-state index contributed by atoms with van der Waals surface area (Å²) in [6.07, 6.45) is 0. The van der Waals surface area contributed by atoms with Gasteiger partial charge in [-0.25, -0.2) is 9.38 Å². The molecule has 1 fully saturated rings. The first kappa shape index (κ1) is 23.1. The fraction of sp³-hybridized carbons (Fsp3) is 0.632. The van der Waals surface area contributed by atoms with Crippen molar-refractivity contribution in [3.63, 3.8) is 0 Å². The number of guanidine groups is 1. The highest BCUT2D eigenvalue weighted by molar-refractivity contribution is 14.0. The van der Waals surface area contributed by atoms with Crippen LogP contribution < -0.4 is 10.6 Å². The molecule has 2 N–H and O–H groups in total. The number of aliphatic imine (C=N–C) groups is 1. The number of nitrogens with zero attached hydrogens (tertiary/aromatic N) is 2. The molecule has 7 heteroatoms. The van der Waals surface area contributed by atoms with Gasteiger partial charge in [-0.15, -0.1) is 24.0 Å². The maximum Gasteiger partial charge on any atom is 0.191 e. The minimum Gasteiger partial charge on any atom is -0.379 e. The van der Waals surface area contributed by atoms with E-state index >= 15 is 0 Å². The summed E-state index contributed by atoms with van der Waals surface area (Å²) in [7, 11) is 0. The molecule has 0 saturated carbocycles. The van der Waals surface area contributed by atoms with E-state index in [4.69, 9.17) is 4.74 Å². The molecule has 0 radical (unpaired) electrons. The molecule has 1 aliphatic heterocycles. The van der Waals surface area contributed by atoms with Crippen molar-refractivity contribution < 1.29 is 9.13 Å². The molecule has 0 spiro atoms. The molecule has 5 nitrogen and oxygen atoms in total. The summed E-state index contributed by atoms with van der Waals surface area (Å²) in [6.45, 7) is 13.9. The Bertz CT molecular complexity index is 589. The van der Waals surface area contributed by atoms with E-state index in [-0.39, 0.29) is 35.3 Å². The number of benzene rings is 1. The van der Waals surface area contributed by atoms with Crippen LogP contribution in [0.3, 0.4) is 0 Å². The van der Waals surface area contributed by atoms with E-state index in [0.29, 0.717) is 12.1 Å². The lowest BCUT2D eigenvalue weighted by atomic mass is 10.0. The Kier molecular flexibility index (Phi) is 9.81. The van der Waals surface area contributed by atoms with Gasteiger partial charge in [0.15, 0.2) is 5.96 Å². The third-order valence-corrected chi connectivity index (χ3v) is 4.54. The van der Waals surface area contributed by atoms with Gasteiger partial charge in [-0.3, -0.25) is 4.90 Å². The molecule has 0 bridgehead atoms. The fourth-order valence-electron chi connectivity index (χ4n) is 2.90. The quantitative estimate of drug-likeness (QED) is 0.375. The van der Waals surface area contributed by atoms with Crippen molar-refractivity contribution in [2.45, 2.75) is 39.8 Å². The topological polar surface area (TPSA) is 48.9 Å². The second kappa shape index (κ2) is 11.0. The molecule has 148 valence electrons. The zero-order valence-electron chi connectivity index (χ0n) is 16.3. The minimum atomic E-state index is -0.176. The van der Waals surface area contributed by atoms with Crippen molar-refractivity contribution in [1.82, 2.24) is 15.5 Å². The van der Waals surface area contributed by atoms with Crippen LogP contribution in [0.4, 0.5) is 4.39 Å². The first-order valence-electron chi connectivity index (χ1n) is 9.02. The number of rotatable bonds is 6. The number of hydrogen-bond donors (Lipinski definition) is 2. The Labute approximate surface area is 173 Å². The Hall–Kier alpha value is -0.930. The summed E-state index contributed by atoms with van der Waals surface area (Å²) in [6, 6.07) is 5.13. The summed E-state index contributed by atoms with van der Waals surface area (Å²) in [5.41, 5.74) is 1.68. The van der Waals surface area contributed by atoms with Crippen LogP contribution in [0.25, 0.3) is 0 Å². The van der Waals surface area contributed by atoms with Gasteiger partial charge in [-0.1, -0.05) is 12.1 Å². The number of aryl methyl sites for hydroxylation is 1. The second-order valence-corrected chi connectivity index (χ2v) is 7.04. The third-order valence-electron chi connectivity index (χ3n) is 4.54. The van der Waals surface area contributed by atoms with Gasteiger partial charge in [0.1, 0.15) is 5.82 Å². The van der Waals surface area contributed by atoms with Gasteiger partial charge in [-0.2, -0.15) is 0 Å². The standard InChI is InChI=1S/C19H31FN4O.HI/c1-5-21-18(22-13-16-6-7-17(20)15(2)12-16)23-14-19(3,4)24-8-10-25-11-9-24;/h6-7,12H,5,8-11,13-14H2,1-4H3,(H2,21,22,23);1H. The Morgan fingerprint density at radius 1 is 1.27 bits per heavy atom. The van der Waals surface area contributed by atoms with Crippen molar-refractivity contribution in [2.75, 3.05) is 39.4 Å². The fourth-order valence-corrected chi connectivity index (χ4v) is 2.90. The summed E-state index contributed by atoms with van der Waals surface area (Å²) >= 11 is 0. The van der Waals surface area contributed by atoms with Gasteiger partial charge in [0, 0.05) is 31.7 Å². The van der Waals surface area contributed by atoms with E-state index in [0.717, 1.165) is 50.9 Å². The summed E-state index contributed by atoms with van der Waals surface area (Å²) in [4.78, 5) is 7.07. The van der Waals surface area contributed by atoms with Crippen molar-refractivity contribution in [3.05, 3.63) is 35.1 Å². The van der Waals surface area contributed by atoms with E-state index in [1.165, 1.54) is 6.07 Å². The zero-order chi connectivity index (χ0) is 18.3. The maximum atomic E-state index is 13.4. The van der Waals surface area contributed by atoms with E-state index in [1.54, 1.807) is 13.0 Å². The predicted molar refractivity (Wildman–Crippen MR) is 116 cm³/mol. The predicted octanol–water partition coefficient (Wildman–Crippen LogP) is 2.92. The van der Waals surface area contributed by atoms with Crippen molar-refractivity contribution in [2.24, 2.45) is 4.99 Å². The molecule has 1 aromatic carbocycles. The van der Waals surface area contributed by atoms with E-state index in [1.807, 2.05) is 13.0 Å². The number of ether oxygens (including phenoxy) is 1. The van der Waals surface area contributed by atoms with Crippen LogP contribution in [-0.2, 0) is 11.3 Å². The lowest BCUT2D eigenvalue weighted by Crippen LogP contribution is -2.56. The third kappa shape index (κ3) is 7.00. The molecule has 0 atom stereocenters. The van der Waals surface area contributed by atoms with E-state index in [2.05, 4.69) is 34.4 Å². The first-order valence-corrected chi connectivity index (χ1v) is 9.02. The number of halogens is 2. The minimum absolute atomic E-state index is 0. The van der Waals surface area contributed by atoms with Crippen molar-refractivity contribution in [3.8, 4) is 0 Å². The number of morpholine rings is 1. The van der Waals surface area contributed by atoms with Crippen LogP contribution >= 0.6 is 24.0 Å². The Balaban J connectivity index is 0.00000338. The van der Waals surface area contributed by atoms with Gasteiger partial charge >= 0.3 is 0 Å². The number of nitrogens with one attached hydrogen (secondary N) is 2. The molecule has 0 amide bonds. The van der Waals surface area contributed by atoms with Crippen molar-refractivity contribution in [1.29, 1.82) is 0 Å². The maximum absolute atomic E-state index is 13.4. The average Bonchev–Trinajstić information content (AvgIpc) is 2.61. The van der Waals surface area contributed by atoms with Gasteiger partial charge in [0.25, 0.3) is 0 Å². The first-order chi connectivity index (χ1) is 11.9. The van der Waals surface area contributed by atoms with Crippen LogP contribution in [0.2, 0.25) is 0 Å². The molecule has 0 aliphatic carbocycles. The molecule has 0 aromatic heterocycles. The SMILES string of the molecule is CCNC(=NCc1ccc(F)c(C)c1)NCC(C)(C)N1CCOCC1.I. The van der Waals surface area contributed by atoms with E-state index < -0.39 is 0 Å². The summed E-state index contributed by atoms with van der Waals surface area (Å²) in [5.74, 6) is 0.607. The highest BCUT2D eigenvalue weighted by Crippen LogP contribution is 2.15. The molecule has 1 heterocycles. The largest absolute Gasteiger partial charge is 0.379 e. The van der Waals surface area contributed by atoms with Gasteiger partial charge in [-0.05, 0) is 44.9 Å². The summed E-state index contributed by atoms with van der Waals surface area (Å²) < 4.78 is 18.8. The Morgan fingerprint density at radius 2 is 1.96 bits per heavy atom. The number of hydrogen-bond acceptors (Lipinski definition) is 3. The van der Waals surface area contributed by atoms with Crippen LogP contribution in [-0.4, -0.2) is 55.8 Å². The monoisotopic (exact) mass is 478 g/mol. The van der Waals surface area contributed by atoms with E-state index in [9.17, 15) is 4.39 Å². The van der Waals surface area contributed by atoms with Crippen molar-refractivity contribution >= 4 is 29.9 Å². The Morgan fingerprint density at radius 3 is 2.58 bits per heavy atom. The molecule has 26 heavy (non-hydrogen) atoms. The molecular formula is C19H32FIN4O. The van der Waals surface area contributed by atoms with Gasteiger partial charge in [0.2, 0.25) is 0 Å². The molecule has 1 saturated heterocycles. The van der Waals surface area contributed by atoms with Crippen LogP contribution in [0, 0.1) is 12.7 Å². The lowest BCUT2D eigenvalue weighted by molar-refractivity contribution is -0.00834. The van der Waals surface area contributed by atoms with Crippen LogP contribution in [0.1, 0.15) is 31.9 Å². The van der Waals surface area contributed by atoms with Crippen LogP contribution in [0.5, 0.6) is 0 Å². The highest BCUT2D eigenvalue weighted by atomic mass is 127. The molecular weight excluding hydrogens is 446 g/mol. The smallest absolute Gasteiger partial charge is 0.191 e. The second-order valence-electron chi connectivity index (χ2n) is 7.04. The molecule has 0 unspecified atom stereocenters.